The zero-order chi connectivity index (χ0) is 12.8. The van der Waals surface area contributed by atoms with Gasteiger partial charge >= 0.3 is 0 Å². The van der Waals surface area contributed by atoms with Gasteiger partial charge in [0.05, 0.1) is 11.1 Å². The van der Waals surface area contributed by atoms with Gasteiger partial charge in [-0.25, -0.2) is 0 Å². The Labute approximate surface area is 104 Å². The SMILES string of the molecule is CC1=C(c2ccccc2)C(C)(C)N(O)C1(C)C. The van der Waals surface area contributed by atoms with Crippen LogP contribution in [0, 0.1) is 0 Å². The van der Waals surface area contributed by atoms with Crippen molar-refractivity contribution in [3.05, 3.63) is 41.5 Å². The van der Waals surface area contributed by atoms with Crippen LogP contribution in [0.3, 0.4) is 0 Å². The van der Waals surface area contributed by atoms with Gasteiger partial charge in [-0.1, -0.05) is 30.3 Å². The lowest BCUT2D eigenvalue weighted by Crippen LogP contribution is -2.48. The predicted octanol–water partition coefficient (Wildman–Crippen LogP) is 3.72. The van der Waals surface area contributed by atoms with Crippen molar-refractivity contribution < 1.29 is 5.21 Å². The summed E-state index contributed by atoms with van der Waals surface area (Å²) in [4.78, 5) is 0. The molecule has 0 amide bonds. The van der Waals surface area contributed by atoms with E-state index in [2.05, 4.69) is 46.8 Å². The van der Waals surface area contributed by atoms with Crippen LogP contribution in [-0.2, 0) is 0 Å². The quantitative estimate of drug-likeness (QED) is 0.796. The zero-order valence-corrected chi connectivity index (χ0v) is 11.3. The fraction of sp³-hybridized carbons (Fsp3) is 0.467. The molecule has 0 aromatic heterocycles. The maximum Gasteiger partial charge on any atom is 0.0668 e. The molecule has 0 atom stereocenters. The zero-order valence-electron chi connectivity index (χ0n) is 11.3. The molecule has 0 spiro atoms. The van der Waals surface area contributed by atoms with Crippen LogP contribution in [0.1, 0.15) is 40.2 Å². The third-order valence-corrected chi connectivity index (χ3v) is 4.03. The molecule has 0 aliphatic carbocycles. The molecule has 1 aromatic carbocycles. The first-order chi connectivity index (χ1) is 7.79. The molecule has 92 valence electrons. The third-order valence-electron chi connectivity index (χ3n) is 4.03. The monoisotopic (exact) mass is 231 g/mol. The molecular weight excluding hydrogens is 210 g/mol. The maximum absolute atomic E-state index is 10.4. The minimum Gasteiger partial charge on any atom is -0.312 e. The molecular formula is C15H21NO. The average molecular weight is 231 g/mol. The van der Waals surface area contributed by atoms with Crippen molar-refractivity contribution in [1.29, 1.82) is 0 Å². The van der Waals surface area contributed by atoms with Gasteiger partial charge in [-0.05, 0) is 51.3 Å². The first-order valence-corrected chi connectivity index (χ1v) is 6.06. The normalized spacial score (nSPS) is 23.2. The molecule has 2 nitrogen and oxygen atoms in total. The van der Waals surface area contributed by atoms with E-state index in [-0.39, 0.29) is 11.1 Å². The molecule has 0 saturated carbocycles. The summed E-state index contributed by atoms with van der Waals surface area (Å²) < 4.78 is 0. The molecule has 1 aromatic rings. The van der Waals surface area contributed by atoms with Crippen LogP contribution >= 0.6 is 0 Å². The van der Waals surface area contributed by atoms with Crippen molar-refractivity contribution in [2.75, 3.05) is 0 Å². The molecule has 0 radical (unpaired) electrons. The van der Waals surface area contributed by atoms with Crippen molar-refractivity contribution in [1.82, 2.24) is 5.06 Å². The van der Waals surface area contributed by atoms with Gasteiger partial charge < -0.3 is 5.21 Å². The van der Waals surface area contributed by atoms with E-state index in [1.807, 2.05) is 18.2 Å². The van der Waals surface area contributed by atoms with E-state index in [0.717, 1.165) is 0 Å². The summed E-state index contributed by atoms with van der Waals surface area (Å²) in [6.07, 6.45) is 0. The molecule has 2 rings (SSSR count). The van der Waals surface area contributed by atoms with Crippen molar-refractivity contribution in [2.24, 2.45) is 0 Å². The Balaban J connectivity index is 2.63. The Bertz CT molecular complexity index is 457. The van der Waals surface area contributed by atoms with E-state index in [0.29, 0.717) is 0 Å². The summed E-state index contributed by atoms with van der Waals surface area (Å²) >= 11 is 0. The summed E-state index contributed by atoms with van der Waals surface area (Å²) in [7, 11) is 0. The molecule has 1 aliphatic heterocycles. The van der Waals surface area contributed by atoms with Crippen molar-refractivity contribution in [2.45, 2.75) is 45.7 Å². The van der Waals surface area contributed by atoms with Crippen molar-refractivity contribution >= 4 is 5.57 Å². The van der Waals surface area contributed by atoms with Crippen molar-refractivity contribution in [3.63, 3.8) is 0 Å². The van der Waals surface area contributed by atoms with Crippen LogP contribution in [0.5, 0.6) is 0 Å². The van der Waals surface area contributed by atoms with E-state index in [9.17, 15) is 5.21 Å². The molecule has 1 N–H and O–H groups in total. The minimum absolute atomic E-state index is 0.311. The molecule has 1 aliphatic rings. The summed E-state index contributed by atoms with van der Waals surface area (Å²) in [5.41, 5.74) is 2.99. The van der Waals surface area contributed by atoms with E-state index >= 15 is 0 Å². The van der Waals surface area contributed by atoms with Crippen LogP contribution in [0.25, 0.3) is 5.57 Å². The highest BCUT2D eigenvalue weighted by molar-refractivity contribution is 5.79. The number of hydrogen-bond donors (Lipinski definition) is 1. The van der Waals surface area contributed by atoms with E-state index in [1.54, 1.807) is 0 Å². The smallest absolute Gasteiger partial charge is 0.0668 e. The lowest BCUT2D eigenvalue weighted by atomic mass is 9.86. The number of hydrogen-bond acceptors (Lipinski definition) is 2. The van der Waals surface area contributed by atoms with Gasteiger partial charge in [0.2, 0.25) is 0 Å². The van der Waals surface area contributed by atoms with Gasteiger partial charge in [-0.15, -0.1) is 0 Å². The third kappa shape index (κ3) is 1.63. The Morgan fingerprint density at radius 1 is 0.941 bits per heavy atom. The number of hydroxylamine groups is 2. The maximum atomic E-state index is 10.4. The molecule has 2 heteroatoms. The van der Waals surface area contributed by atoms with Crippen LogP contribution in [-0.4, -0.2) is 21.3 Å². The minimum atomic E-state index is -0.352. The fourth-order valence-corrected chi connectivity index (χ4v) is 2.90. The molecule has 17 heavy (non-hydrogen) atoms. The second kappa shape index (κ2) is 3.69. The van der Waals surface area contributed by atoms with Gasteiger partial charge in [0.25, 0.3) is 0 Å². The largest absolute Gasteiger partial charge is 0.312 e. The summed E-state index contributed by atoms with van der Waals surface area (Å²) in [6, 6.07) is 10.3. The first kappa shape index (κ1) is 12.3. The summed E-state index contributed by atoms with van der Waals surface area (Å²) in [6.45, 7) is 10.3. The van der Waals surface area contributed by atoms with E-state index < -0.39 is 0 Å². The Morgan fingerprint density at radius 2 is 1.47 bits per heavy atom. The summed E-state index contributed by atoms with van der Waals surface area (Å²) in [5.74, 6) is 0. The highest BCUT2D eigenvalue weighted by atomic mass is 16.5. The number of nitrogens with zero attached hydrogens (tertiary/aromatic N) is 1. The molecule has 0 bridgehead atoms. The summed E-state index contributed by atoms with van der Waals surface area (Å²) in [5, 5.41) is 11.8. The molecule has 0 fully saturated rings. The highest BCUT2D eigenvalue weighted by Gasteiger charge is 2.49. The van der Waals surface area contributed by atoms with Crippen LogP contribution in [0.4, 0.5) is 0 Å². The molecule has 0 unspecified atom stereocenters. The second-order valence-electron chi connectivity index (χ2n) is 5.80. The van der Waals surface area contributed by atoms with Crippen LogP contribution in [0.15, 0.2) is 35.9 Å². The van der Waals surface area contributed by atoms with Crippen molar-refractivity contribution in [3.8, 4) is 0 Å². The van der Waals surface area contributed by atoms with Gasteiger partial charge in [0, 0.05) is 0 Å². The lowest BCUT2D eigenvalue weighted by molar-refractivity contribution is -0.183. The molecule has 0 saturated heterocycles. The standard InChI is InChI=1S/C15H21NO/c1-11-13(12-9-7-6-8-10-12)15(4,5)16(17)14(11,2)3/h6-10,17H,1-5H3. The topological polar surface area (TPSA) is 23.5 Å². The Hall–Kier alpha value is -1.12. The van der Waals surface area contributed by atoms with Gasteiger partial charge in [-0.2, -0.15) is 5.06 Å². The van der Waals surface area contributed by atoms with Crippen LogP contribution < -0.4 is 0 Å². The number of rotatable bonds is 1. The average Bonchev–Trinajstić information content (AvgIpc) is 2.39. The number of benzene rings is 1. The van der Waals surface area contributed by atoms with E-state index in [1.165, 1.54) is 21.8 Å². The van der Waals surface area contributed by atoms with Gasteiger partial charge in [0.15, 0.2) is 0 Å². The van der Waals surface area contributed by atoms with Gasteiger partial charge in [0.1, 0.15) is 0 Å². The Kier molecular flexibility index (Phi) is 2.68. The fourth-order valence-electron chi connectivity index (χ4n) is 2.90. The van der Waals surface area contributed by atoms with Gasteiger partial charge in [-0.3, -0.25) is 0 Å². The predicted molar refractivity (Wildman–Crippen MR) is 70.8 cm³/mol. The first-order valence-electron chi connectivity index (χ1n) is 6.06. The lowest BCUT2D eigenvalue weighted by Gasteiger charge is -2.36. The van der Waals surface area contributed by atoms with Crippen LogP contribution in [0.2, 0.25) is 0 Å². The molecule has 1 heterocycles. The Morgan fingerprint density at radius 3 is 1.88 bits per heavy atom. The van der Waals surface area contributed by atoms with E-state index in [4.69, 9.17) is 0 Å². The highest BCUT2D eigenvalue weighted by Crippen LogP contribution is 2.47. The second-order valence-corrected chi connectivity index (χ2v) is 5.80.